The molecule has 2 nitrogen and oxygen atoms in total. The van der Waals surface area contributed by atoms with Gasteiger partial charge in [0.2, 0.25) is 0 Å². The van der Waals surface area contributed by atoms with Crippen molar-refractivity contribution in [1.29, 1.82) is 5.26 Å². The van der Waals surface area contributed by atoms with Crippen LogP contribution in [0.1, 0.15) is 74.1 Å². The Kier molecular flexibility index (Phi) is 4.97. The fraction of sp³-hybridized carbons (Fsp3) is 0.944. The zero-order chi connectivity index (χ0) is 15.8. The predicted octanol–water partition coefficient (Wildman–Crippen LogP) is 4.74. The molecule has 0 aromatic heterocycles. The monoisotopic (exact) mass is 278 g/mol. The van der Waals surface area contributed by atoms with Crippen molar-refractivity contribution < 1.29 is 0 Å². The summed E-state index contributed by atoms with van der Waals surface area (Å²) in [6, 6.07) is 2.72. The van der Waals surface area contributed by atoms with Crippen molar-refractivity contribution in [1.82, 2.24) is 0 Å². The quantitative estimate of drug-likeness (QED) is 0.695. The molecule has 2 aliphatic carbocycles. The molecule has 0 spiro atoms. The van der Waals surface area contributed by atoms with Gasteiger partial charge < -0.3 is 5.73 Å². The van der Waals surface area contributed by atoms with E-state index in [0.29, 0.717) is 17.8 Å². The lowest BCUT2D eigenvalue weighted by Crippen LogP contribution is -2.68. The lowest BCUT2D eigenvalue weighted by molar-refractivity contribution is -0.109. The van der Waals surface area contributed by atoms with Crippen LogP contribution in [0.3, 0.4) is 0 Å². The highest BCUT2D eigenvalue weighted by Crippen LogP contribution is 2.63. The molecule has 0 aromatic carbocycles. The van der Waals surface area contributed by atoms with Crippen molar-refractivity contribution in [2.24, 2.45) is 34.3 Å². The topological polar surface area (TPSA) is 49.8 Å². The van der Waals surface area contributed by atoms with Crippen LogP contribution in [0.4, 0.5) is 0 Å². The summed E-state index contributed by atoms with van der Waals surface area (Å²) in [5.41, 5.74) is 6.26. The summed E-state index contributed by atoms with van der Waals surface area (Å²) in [6.07, 6.45) is 4.69. The summed E-state index contributed by atoms with van der Waals surface area (Å²) in [5, 5.41) is 10.0. The van der Waals surface area contributed by atoms with Crippen LogP contribution < -0.4 is 5.73 Å². The Morgan fingerprint density at radius 2 is 1.55 bits per heavy atom. The van der Waals surface area contributed by atoms with E-state index in [9.17, 15) is 5.26 Å². The molecule has 2 heteroatoms. The predicted molar refractivity (Wildman–Crippen MR) is 86.1 cm³/mol. The Labute approximate surface area is 126 Å². The summed E-state index contributed by atoms with van der Waals surface area (Å²) in [6.45, 7) is 15.3. The molecule has 116 valence electrons. The molecule has 0 aromatic rings. The second kappa shape index (κ2) is 5.68. The third kappa shape index (κ3) is 2.19. The average molecular weight is 278 g/mol. The van der Waals surface area contributed by atoms with Gasteiger partial charge in [-0.05, 0) is 55.8 Å². The number of nitriles is 1. The minimum absolute atomic E-state index is 0.253. The van der Waals surface area contributed by atoms with E-state index in [2.05, 4.69) is 40.7 Å². The van der Waals surface area contributed by atoms with Gasteiger partial charge in [0.1, 0.15) is 0 Å². The van der Waals surface area contributed by atoms with Gasteiger partial charge in [0, 0.05) is 5.54 Å². The Hall–Kier alpha value is -0.550. The molecule has 20 heavy (non-hydrogen) atoms. The molecule has 2 saturated carbocycles. The highest BCUT2D eigenvalue weighted by Gasteiger charge is 2.64. The Balaban J connectivity index is 0.000000956. The van der Waals surface area contributed by atoms with E-state index in [-0.39, 0.29) is 16.4 Å². The largest absolute Gasteiger partial charge is 0.324 e. The Bertz CT molecular complexity index is 377. The molecule has 2 rings (SSSR count). The summed E-state index contributed by atoms with van der Waals surface area (Å²) in [5.74, 6) is 1.30. The summed E-state index contributed by atoms with van der Waals surface area (Å²) in [4.78, 5) is 0. The highest BCUT2D eigenvalue weighted by molar-refractivity contribution is 5.24. The van der Waals surface area contributed by atoms with E-state index in [0.717, 1.165) is 12.8 Å². The lowest BCUT2D eigenvalue weighted by atomic mass is 9.41. The van der Waals surface area contributed by atoms with E-state index in [1.54, 1.807) is 0 Å². The second-order valence-corrected chi connectivity index (χ2v) is 7.72. The number of fused-ring (bicyclic) bond motifs is 1. The molecule has 2 N–H and O–H groups in total. The Morgan fingerprint density at radius 1 is 1.00 bits per heavy atom. The third-order valence-corrected chi connectivity index (χ3v) is 6.48. The first-order chi connectivity index (χ1) is 9.20. The second-order valence-electron chi connectivity index (χ2n) is 7.72. The molecule has 0 bridgehead atoms. The fourth-order valence-corrected chi connectivity index (χ4v) is 4.91. The Morgan fingerprint density at radius 3 is 2.05 bits per heavy atom. The molecular formula is C18H34N2. The van der Waals surface area contributed by atoms with Crippen LogP contribution in [0.5, 0.6) is 0 Å². The van der Waals surface area contributed by atoms with Gasteiger partial charge in [0.15, 0.2) is 0 Å². The van der Waals surface area contributed by atoms with Crippen LogP contribution in [0, 0.1) is 39.9 Å². The number of nitrogens with zero attached hydrogens (tertiary/aromatic N) is 1. The molecule has 0 heterocycles. The van der Waals surface area contributed by atoms with Crippen molar-refractivity contribution in [2.45, 2.75) is 79.7 Å². The van der Waals surface area contributed by atoms with Crippen molar-refractivity contribution in [2.75, 3.05) is 0 Å². The number of hydrogen-bond donors (Lipinski definition) is 1. The van der Waals surface area contributed by atoms with E-state index >= 15 is 0 Å². The smallest absolute Gasteiger partial charge is 0.0811 e. The van der Waals surface area contributed by atoms with Crippen LogP contribution in [0.15, 0.2) is 0 Å². The van der Waals surface area contributed by atoms with Crippen LogP contribution in [0.2, 0.25) is 0 Å². The van der Waals surface area contributed by atoms with Gasteiger partial charge in [-0.15, -0.1) is 0 Å². The van der Waals surface area contributed by atoms with E-state index in [1.165, 1.54) is 12.8 Å². The summed E-state index contributed by atoms with van der Waals surface area (Å²) >= 11 is 0. The third-order valence-electron chi connectivity index (χ3n) is 6.48. The minimum atomic E-state index is -0.359. The molecule has 0 radical (unpaired) electrons. The van der Waals surface area contributed by atoms with Gasteiger partial charge in [0.25, 0.3) is 0 Å². The van der Waals surface area contributed by atoms with Crippen molar-refractivity contribution in [3.05, 3.63) is 0 Å². The van der Waals surface area contributed by atoms with Crippen molar-refractivity contribution in [3.8, 4) is 6.07 Å². The zero-order valence-corrected chi connectivity index (χ0v) is 14.6. The standard InChI is InChI=1S/C16H28N2.C2H6/c1-11-6-7-13-14(3,4)9-8-12(2)16(13,10-17)15(11,5)18;1-2/h11-13H,6-9,18H2,1-5H3;1-2H3/t11?,12?,13?,15-,16+;/m0./s1. The molecule has 0 aliphatic heterocycles. The first-order valence-electron chi connectivity index (χ1n) is 8.40. The van der Waals surface area contributed by atoms with Crippen molar-refractivity contribution >= 4 is 0 Å². The molecular weight excluding hydrogens is 244 g/mol. The summed E-state index contributed by atoms with van der Waals surface area (Å²) < 4.78 is 0. The first kappa shape index (κ1) is 17.5. The molecule has 2 fully saturated rings. The van der Waals surface area contributed by atoms with E-state index < -0.39 is 0 Å². The maximum Gasteiger partial charge on any atom is 0.0811 e. The maximum absolute atomic E-state index is 10.0. The molecule has 5 atom stereocenters. The normalized spacial score (nSPS) is 46.5. The summed E-state index contributed by atoms with van der Waals surface area (Å²) in [7, 11) is 0. The van der Waals surface area contributed by atoms with Gasteiger partial charge in [-0.3, -0.25) is 0 Å². The van der Waals surface area contributed by atoms with Gasteiger partial charge in [0.05, 0.1) is 11.5 Å². The van der Waals surface area contributed by atoms with Crippen LogP contribution in [-0.4, -0.2) is 5.54 Å². The lowest BCUT2D eigenvalue weighted by Gasteiger charge is -2.63. The highest BCUT2D eigenvalue weighted by atomic mass is 14.9. The van der Waals surface area contributed by atoms with Gasteiger partial charge in [-0.2, -0.15) is 5.26 Å². The van der Waals surface area contributed by atoms with Crippen LogP contribution >= 0.6 is 0 Å². The zero-order valence-electron chi connectivity index (χ0n) is 14.6. The number of hydrogen-bond acceptors (Lipinski definition) is 2. The first-order valence-corrected chi connectivity index (χ1v) is 8.40. The van der Waals surface area contributed by atoms with E-state index in [4.69, 9.17) is 5.73 Å². The maximum atomic E-state index is 10.0. The molecule has 3 unspecified atom stereocenters. The molecule has 2 aliphatic rings. The van der Waals surface area contributed by atoms with Crippen LogP contribution in [0.25, 0.3) is 0 Å². The minimum Gasteiger partial charge on any atom is -0.324 e. The number of rotatable bonds is 0. The average Bonchev–Trinajstić information content (AvgIpc) is 2.40. The number of nitrogens with two attached hydrogens (primary N) is 1. The van der Waals surface area contributed by atoms with Gasteiger partial charge in [-0.25, -0.2) is 0 Å². The SMILES string of the molecule is CC.CC1CCC(C)(C)C2CCC(C)[C@](C)(N)[C@]12C#N. The van der Waals surface area contributed by atoms with Gasteiger partial charge >= 0.3 is 0 Å². The van der Waals surface area contributed by atoms with Crippen LogP contribution in [-0.2, 0) is 0 Å². The van der Waals surface area contributed by atoms with Gasteiger partial charge in [-0.1, -0.05) is 41.5 Å². The fourth-order valence-electron chi connectivity index (χ4n) is 4.91. The molecule has 0 amide bonds. The van der Waals surface area contributed by atoms with Crippen molar-refractivity contribution in [3.63, 3.8) is 0 Å². The molecule has 0 saturated heterocycles. The van der Waals surface area contributed by atoms with E-state index in [1.807, 2.05) is 13.8 Å².